The van der Waals surface area contributed by atoms with Gasteiger partial charge in [-0.05, 0) is 112 Å². The number of hydrogen-bond acceptors (Lipinski definition) is 25. The van der Waals surface area contributed by atoms with Gasteiger partial charge >= 0.3 is 42.3 Å². The van der Waals surface area contributed by atoms with E-state index in [0.717, 1.165) is 63.8 Å². The van der Waals surface area contributed by atoms with Crippen molar-refractivity contribution in [2.75, 3.05) is 92.1 Å². The van der Waals surface area contributed by atoms with Crippen molar-refractivity contribution in [3.63, 3.8) is 0 Å². The summed E-state index contributed by atoms with van der Waals surface area (Å²) in [6.07, 6.45) is 6.05. The predicted molar refractivity (Wildman–Crippen MR) is 452 cm³/mol. The first-order chi connectivity index (χ1) is 57.7. The number of aliphatic carboxylic acids is 3. The number of hydrogen-bond donors (Lipinski definition) is 3. The van der Waals surface area contributed by atoms with Gasteiger partial charge in [-0.25, -0.2) is 38.0 Å². The molecule has 2 aliphatic heterocycles. The molecule has 127 heavy (non-hydrogen) atoms. The van der Waals surface area contributed by atoms with Gasteiger partial charge in [0.2, 0.25) is 23.6 Å². The van der Waals surface area contributed by atoms with Crippen molar-refractivity contribution in [1.82, 2.24) is 49.0 Å². The van der Waals surface area contributed by atoms with Crippen molar-refractivity contribution in [2.24, 2.45) is 0 Å². The molecule has 12 amide bonds. The van der Waals surface area contributed by atoms with Gasteiger partial charge in [-0.1, -0.05) is 159 Å². The van der Waals surface area contributed by atoms with E-state index in [-0.39, 0.29) is 192 Å². The Bertz CT molecular complexity index is 4130. The zero-order valence-corrected chi connectivity index (χ0v) is 84.1. The molecular formula is C84H107N10O28P2Y3-3. The fourth-order valence-electron chi connectivity index (χ4n) is 9.65. The average Bonchev–Trinajstić information content (AvgIpc) is 1.85. The normalized spacial score (nSPS) is 11.5. The van der Waals surface area contributed by atoms with E-state index in [2.05, 4.69) is 0 Å². The Labute approximate surface area is 817 Å². The van der Waals surface area contributed by atoms with Gasteiger partial charge in [0.1, 0.15) is 74.0 Å². The number of carbonyl (C=O) groups excluding carboxylic acids is 18. The fraction of sp³-hybridized carbons (Fsp3) is 0.417. The van der Waals surface area contributed by atoms with Crippen LogP contribution in [0.1, 0.15) is 112 Å². The summed E-state index contributed by atoms with van der Waals surface area (Å²) in [5.41, 5.74) is -0.479. The van der Waals surface area contributed by atoms with Crippen LogP contribution in [0, 0.1) is 0 Å². The molecule has 3 radical (unpaired) electrons. The molecule has 0 fully saturated rings. The maximum Gasteiger partial charge on any atom is 0.411 e. The molecule has 3 N–H and O–H groups in total. The van der Waals surface area contributed by atoms with E-state index in [4.69, 9.17) is 34.3 Å². The first-order valence-corrected chi connectivity index (χ1v) is 38.8. The molecule has 38 nitrogen and oxygen atoms in total. The minimum absolute atomic E-state index is 0. The van der Waals surface area contributed by atoms with E-state index in [1.165, 1.54) is 40.8 Å². The largest absolute Gasteiger partial charge is 0.540 e. The Kier molecular flexibility index (Phi) is 58.9. The summed E-state index contributed by atoms with van der Waals surface area (Å²) in [5, 5.41) is 26.3. The van der Waals surface area contributed by atoms with E-state index in [1.807, 2.05) is 85.2 Å². The maximum atomic E-state index is 12.7. The number of rotatable bonds is 34. The van der Waals surface area contributed by atoms with Gasteiger partial charge < -0.3 is 83.0 Å². The van der Waals surface area contributed by atoms with Crippen LogP contribution >= 0.6 is 18.5 Å². The molecular weight excluding hydrogens is 1930 g/mol. The van der Waals surface area contributed by atoms with Crippen molar-refractivity contribution < 1.29 is 233 Å². The third-order valence-electron chi connectivity index (χ3n) is 14.9. The van der Waals surface area contributed by atoms with Crippen molar-refractivity contribution in [1.29, 1.82) is 0 Å². The number of imide groups is 2. The van der Waals surface area contributed by atoms with Crippen molar-refractivity contribution >= 4 is 144 Å². The SMILES string of the molecule is CC(=O)CN(Cc1ccccc1)C(=O)CN(C[C-]=O)C(=O)OC(C)(C)C.CC(C)(C)OC(=O)N(CC(=O)O)CC(=O)N(CC(=O)P)Cc1ccccc1.CC(C)(C)OC(=O)N(C[C-]=O)CC(=O)N(CC(=O)O)Cc1ccccc1.CC(C)(C)OC(=O)N(C[C-]=O)CC(=O)N(CC(=O)P)Cc1ccccc1.CN1C(=O)C=CC1=O.O=C(O)CN1C(=O)C=CC1=O.[Y].[Y].[Y]. The van der Waals surface area contributed by atoms with E-state index in [9.17, 15) is 101 Å². The first-order valence-electron chi connectivity index (χ1n) is 37.6. The number of benzene rings is 4. The zero-order valence-electron chi connectivity index (χ0n) is 73.3. The van der Waals surface area contributed by atoms with E-state index >= 15 is 0 Å². The van der Waals surface area contributed by atoms with E-state index < -0.39 is 146 Å². The molecule has 6 rings (SSSR count). The van der Waals surface area contributed by atoms with Crippen LogP contribution < -0.4 is 0 Å². The van der Waals surface area contributed by atoms with Gasteiger partial charge in [-0.3, -0.25) is 81.8 Å². The molecule has 4 aromatic rings. The summed E-state index contributed by atoms with van der Waals surface area (Å²) >= 11 is 0. The third kappa shape index (κ3) is 55.5. The second-order valence-corrected chi connectivity index (χ2v) is 32.0. The number of amides is 12. The second-order valence-electron chi connectivity index (χ2n) is 30.7. The Morgan fingerprint density at radius 2 is 0.551 bits per heavy atom. The first kappa shape index (κ1) is 121. The molecule has 0 aromatic heterocycles. The molecule has 0 aliphatic carbocycles. The van der Waals surface area contributed by atoms with Crippen LogP contribution in [0.25, 0.3) is 0 Å². The van der Waals surface area contributed by atoms with Gasteiger partial charge in [0.25, 0.3) is 23.6 Å². The number of carboxylic acid groups (broad SMARTS) is 3. The summed E-state index contributed by atoms with van der Waals surface area (Å²) in [6.45, 7) is 16.9. The monoisotopic (exact) mass is 2030 g/mol. The summed E-state index contributed by atoms with van der Waals surface area (Å²) < 4.78 is 20.7. The standard InChI is InChI=1S/C19H25N2O5.C18H25N2O6P.C18H23N2O6.C18H24N2O5P.C6H5NO4.C5H5NO2.3Y/c1-15(23)12-21(13-16-8-6-5-7-9-16)17(24)14-20(10-11-22)18(25)26-19(2,3)4;1-18(2,3)26-17(25)20(11-15(22)23)10-14(21)19(12-16(24)27)9-13-7-5-4-6-8-13;1-18(2,3)26-17(25)19(9-10-21)12-15(22)20(13-16(23)24)11-14-7-5-4-6-8-14;1-18(2,3)25-17(24)19(9-10-21)12-15(22)20(13-16(23)26)11-14-7-5-4-6-8-14;8-4-1-2-5(9)7(4)3-6(10)11;1-6-4(7)2-3-5(6)8;;;/h5-9H,10,12-14H2,1-4H3;4-8H,9-12,27H2,1-3H3,(H,22,23);4-8H,9,11-13H2,1-3H3,(H,23,24);4-8H,9,11-13,26H2,1-3H3;1-2H,3H2,(H,10,11);2-3H,1H3;;;/q-1;;2*-1;;;;;. The van der Waals surface area contributed by atoms with Gasteiger partial charge in [0.15, 0.2) is 11.0 Å². The summed E-state index contributed by atoms with van der Waals surface area (Å²) in [4.78, 5) is 251. The fourth-order valence-corrected chi connectivity index (χ4v) is 10.1. The van der Waals surface area contributed by atoms with Gasteiger partial charge in [0.05, 0.1) is 19.6 Å². The van der Waals surface area contributed by atoms with Crippen LogP contribution in [0.2, 0.25) is 0 Å². The quantitative estimate of drug-likeness (QED) is 0.0227. The molecule has 2 atom stereocenters. The minimum atomic E-state index is -1.27. The van der Waals surface area contributed by atoms with Crippen LogP contribution in [0.15, 0.2) is 146 Å². The smallest absolute Gasteiger partial charge is 0.411 e. The average molecular weight is 2030 g/mol. The predicted octanol–water partition coefficient (Wildman–Crippen LogP) is 5.43. The number of likely N-dealkylation sites (N-methyl/N-ethyl adjacent to an activating group) is 1. The van der Waals surface area contributed by atoms with Crippen LogP contribution in [-0.2, 0) is 225 Å². The van der Waals surface area contributed by atoms with Crippen molar-refractivity contribution in [3.05, 3.63) is 168 Å². The topological polar surface area (TPSA) is 488 Å². The van der Waals surface area contributed by atoms with Crippen LogP contribution in [0.3, 0.4) is 0 Å². The number of carbonyl (C=O) groups is 18. The number of Topliss-reactive ketones (excluding diaryl/α,β-unsaturated/α-hetero) is 1. The molecule has 0 saturated heterocycles. The molecule has 4 aromatic carbocycles. The molecule has 2 aliphatic rings. The Hall–Kier alpha value is -9.80. The Morgan fingerprint density at radius 1 is 0.331 bits per heavy atom. The van der Waals surface area contributed by atoms with E-state index in [0.29, 0.717) is 4.90 Å². The van der Waals surface area contributed by atoms with Gasteiger partial charge in [0, 0.05) is 156 Å². The Morgan fingerprint density at radius 3 is 0.756 bits per heavy atom. The number of carboxylic acids is 3. The minimum Gasteiger partial charge on any atom is -0.540 e. The zero-order chi connectivity index (χ0) is 94.4. The molecule has 0 bridgehead atoms. The number of ketones is 1. The number of nitrogens with zero attached hydrogens (tertiary/aromatic N) is 10. The molecule has 0 spiro atoms. The maximum absolute atomic E-state index is 12.7. The molecule has 683 valence electrons. The number of ether oxygens (including phenoxy) is 4. The third-order valence-corrected chi connectivity index (χ3v) is 15.3. The second kappa shape index (κ2) is 61.6. The van der Waals surface area contributed by atoms with Crippen molar-refractivity contribution in [2.45, 2.75) is 139 Å². The van der Waals surface area contributed by atoms with Gasteiger partial charge in [-0.15, -0.1) is 0 Å². The van der Waals surface area contributed by atoms with Crippen LogP contribution in [0.4, 0.5) is 19.2 Å². The molecule has 2 heterocycles. The van der Waals surface area contributed by atoms with Crippen LogP contribution in [0.5, 0.6) is 0 Å². The Balaban J connectivity index is -0.00000149. The summed E-state index contributed by atoms with van der Waals surface area (Å²) in [7, 11) is 5.47. The summed E-state index contributed by atoms with van der Waals surface area (Å²) in [6, 6.07) is 36.3. The molecule has 2 unspecified atom stereocenters. The van der Waals surface area contributed by atoms with Crippen molar-refractivity contribution in [3.8, 4) is 0 Å². The van der Waals surface area contributed by atoms with Crippen LogP contribution in [-0.4, -0.2) is 304 Å². The molecule has 43 heteroatoms. The summed E-state index contributed by atoms with van der Waals surface area (Å²) in [5.74, 6) is -7.55. The van der Waals surface area contributed by atoms with E-state index in [1.54, 1.807) is 157 Å². The van der Waals surface area contributed by atoms with Gasteiger partial charge in [-0.2, -0.15) is 0 Å². The molecule has 0 saturated carbocycles.